The smallest absolute Gasteiger partial charge is 0.269 e. The van der Waals surface area contributed by atoms with Crippen molar-refractivity contribution < 1.29 is 9.18 Å². The summed E-state index contributed by atoms with van der Waals surface area (Å²) in [7, 11) is 0. The standard InChI is InChI=1S/C17H13FN2OS/c18-14-6-3-5-13(11-14)12-20(16-8-1-2-9-19-16)17(21)15-7-4-10-22-15/h1-11H,12H2. The largest absolute Gasteiger partial charge is 0.288 e. The molecule has 3 rings (SSSR count). The van der Waals surface area contributed by atoms with Gasteiger partial charge < -0.3 is 0 Å². The van der Waals surface area contributed by atoms with Crippen LogP contribution in [0.5, 0.6) is 0 Å². The van der Waals surface area contributed by atoms with Crippen LogP contribution in [0.3, 0.4) is 0 Å². The van der Waals surface area contributed by atoms with Gasteiger partial charge in [0.2, 0.25) is 0 Å². The van der Waals surface area contributed by atoms with Gasteiger partial charge in [-0.15, -0.1) is 11.3 Å². The molecule has 3 aromatic rings. The number of aromatic nitrogens is 1. The molecule has 1 amide bonds. The number of hydrogen-bond acceptors (Lipinski definition) is 3. The fourth-order valence-electron chi connectivity index (χ4n) is 2.12. The first-order chi connectivity index (χ1) is 10.7. The average molecular weight is 312 g/mol. The number of carbonyl (C=O) groups excluding carboxylic acids is 1. The van der Waals surface area contributed by atoms with Crippen LogP contribution in [0.25, 0.3) is 0 Å². The lowest BCUT2D eigenvalue weighted by Gasteiger charge is -2.21. The van der Waals surface area contributed by atoms with Gasteiger partial charge in [-0.3, -0.25) is 9.69 Å². The van der Waals surface area contributed by atoms with Gasteiger partial charge in [0.05, 0.1) is 11.4 Å². The summed E-state index contributed by atoms with van der Waals surface area (Å²) in [5.41, 5.74) is 0.718. The summed E-state index contributed by atoms with van der Waals surface area (Å²) in [5.74, 6) is 0.0881. The predicted molar refractivity (Wildman–Crippen MR) is 85.5 cm³/mol. The van der Waals surface area contributed by atoms with Crippen LogP contribution < -0.4 is 4.90 Å². The number of amides is 1. The number of rotatable bonds is 4. The number of benzene rings is 1. The van der Waals surface area contributed by atoms with E-state index in [4.69, 9.17) is 0 Å². The molecular formula is C17H13FN2OS. The summed E-state index contributed by atoms with van der Waals surface area (Å²) in [4.78, 5) is 19.1. The molecule has 0 radical (unpaired) electrons. The molecule has 0 bridgehead atoms. The molecule has 0 N–H and O–H groups in total. The fourth-order valence-corrected chi connectivity index (χ4v) is 2.79. The highest BCUT2D eigenvalue weighted by Gasteiger charge is 2.20. The lowest BCUT2D eigenvalue weighted by atomic mass is 10.2. The molecule has 0 aliphatic carbocycles. The zero-order valence-corrected chi connectivity index (χ0v) is 12.5. The van der Waals surface area contributed by atoms with E-state index in [1.165, 1.54) is 23.5 Å². The second-order valence-corrected chi connectivity index (χ2v) is 5.63. The molecule has 0 fully saturated rings. The van der Waals surface area contributed by atoms with E-state index in [1.807, 2.05) is 17.5 Å². The maximum atomic E-state index is 13.4. The minimum Gasteiger partial charge on any atom is -0.288 e. The van der Waals surface area contributed by atoms with Crippen LogP contribution in [0.1, 0.15) is 15.2 Å². The summed E-state index contributed by atoms with van der Waals surface area (Å²) in [6.07, 6.45) is 1.63. The number of nitrogens with zero attached hydrogens (tertiary/aromatic N) is 2. The van der Waals surface area contributed by atoms with Crippen LogP contribution in [0, 0.1) is 5.82 Å². The summed E-state index contributed by atoms with van der Waals surface area (Å²) < 4.78 is 13.4. The van der Waals surface area contributed by atoms with E-state index in [0.717, 1.165) is 5.56 Å². The first kappa shape index (κ1) is 14.4. The Morgan fingerprint density at radius 1 is 1.14 bits per heavy atom. The molecule has 2 aromatic heterocycles. The van der Waals surface area contributed by atoms with Gasteiger partial charge in [-0.2, -0.15) is 0 Å². The van der Waals surface area contributed by atoms with E-state index in [0.29, 0.717) is 10.7 Å². The Labute approximate surface area is 131 Å². The number of thiophene rings is 1. The Balaban J connectivity index is 1.94. The minimum atomic E-state index is -0.318. The van der Waals surface area contributed by atoms with E-state index in [1.54, 1.807) is 41.4 Å². The van der Waals surface area contributed by atoms with Crippen molar-refractivity contribution in [1.82, 2.24) is 4.98 Å². The third-order valence-corrected chi connectivity index (χ3v) is 3.99. The molecule has 0 aliphatic rings. The topological polar surface area (TPSA) is 33.2 Å². The molecule has 22 heavy (non-hydrogen) atoms. The Morgan fingerprint density at radius 3 is 2.73 bits per heavy atom. The Morgan fingerprint density at radius 2 is 2.05 bits per heavy atom. The lowest BCUT2D eigenvalue weighted by molar-refractivity contribution is 0.0988. The highest BCUT2D eigenvalue weighted by molar-refractivity contribution is 7.12. The van der Waals surface area contributed by atoms with E-state index in [2.05, 4.69) is 4.98 Å². The lowest BCUT2D eigenvalue weighted by Crippen LogP contribution is -2.30. The van der Waals surface area contributed by atoms with Gasteiger partial charge in [0.1, 0.15) is 11.6 Å². The molecule has 3 nitrogen and oxygen atoms in total. The highest BCUT2D eigenvalue weighted by Crippen LogP contribution is 2.20. The van der Waals surface area contributed by atoms with Crippen molar-refractivity contribution in [2.24, 2.45) is 0 Å². The van der Waals surface area contributed by atoms with E-state index in [-0.39, 0.29) is 18.3 Å². The van der Waals surface area contributed by atoms with E-state index < -0.39 is 0 Å². The normalized spacial score (nSPS) is 10.4. The van der Waals surface area contributed by atoms with E-state index in [9.17, 15) is 9.18 Å². The van der Waals surface area contributed by atoms with Gasteiger partial charge in [-0.25, -0.2) is 9.37 Å². The van der Waals surface area contributed by atoms with Gasteiger partial charge in [0.15, 0.2) is 0 Å². The third-order valence-electron chi connectivity index (χ3n) is 3.13. The monoisotopic (exact) mass is 312 g/mol. The minimum absolute atomic E-state index is 0.141. The first-order valence-corrected chi connectivity index (χ1v) is 7.63. The van der Waals surface area contributed by atoms with Crippen LogP contribution in [-0.2, 0) is 6.54 Å². The Kier molecular flexibility index (Phi) is 4.25. The molecule has 0 aliphatic heterocycles. The molecule has 0 saturated carbocycles. The maximum absolute atomic E-state index is 13.4. The quantitative estimate of drug-likeness (QED) is 0.726. The van der Waals surface area contributed by atoms with Gasteiger partial charge in [-0.05, 0) is 41.3 Å². The van der Waals surface area contributed by atoms with Gasteiger partial charge in [-0.1, -0.05) is 24.3 Å². The number of carbonyl (C=O) groups is 1. The molecule has 0 saturated heterocycles. The van der Waals surface area contributed by atoms with Crippen LogP contribution in [0.15, 0.2) is 66.2 Å². The van der Waals surface area contributed by atoms with Gasteiger partial charge >= 0.3 is 0 Å². The van der Waals surface area contributed by atoms with Crippen molar-refractivity contribution in [2.45, 2.75) is 6.54 Å². The molecule has 110 valence electrons. The molecular weight excluding hydrogens is 299 g/mol. The maximum Gasteiger partial charge on any atom is 0.269 e. The van der Waals surface area contributed by atoms with Crippen LogP contribution >= 0.6 is 11.3 Å². The zero-order chi connectivity index (χ0) is 15.4. The highest BCUT2D eigenvalue weighted by atomic mass is 32.1. The zero-order valence-electron chi connectivity index (χ0n) is 11.6. The SMILES string of the molecule is O=C(c1cccs1)N(Cc1cccc(F)c1)c1ccccn1. The summed E-state index contributed by atoms with van der Waals surface area (Å²) in [6.45, 7) is 0.269. The van der Waals surface area contributed by atoms with Crippen molar-refractivity contribution in [3.8, 4) is 0 Å². The van der Waals surface area contributed by atoms with E-state index >= 15 is 0 Å². The van der Waals surface area contributed by atoms with Crippen molar-refractivity contribution in [3.05, 3.63) is 82.4 Å². The molecule has 5 heteroatoms. The van der Waals surface area contributed by atoms with Crippen molar-refractivity contribution >= 4 is 23.1 Å². The number of anilines is 1. The average Bonchev–Trinajstić information content (AvgIpc) is 3.07. The Bertz CT molecular complexity index is 759. The molecule has 0 unspecified atom stereocenters. The summed E-state index contributed by atoms with van der Waals surface area (Å²) in [6, 6.07) is 15.2. The molecule has 1 aromatic carbocycles. The first-order valence-electron chi connectivity index (χ1n) is 6.75. The fraction of sp³-hybridized carbons (Fsp3) is 0.0588. The second kappa shape index (κ2) is 6.49. The van der Waals surface area contributed by atoms with Gasteiger partial charge in [0, 0.05) is 6.20 Å². The Hall–Kier alpha value is -2.53. The molecule has 2 heterocycles. The molecule has 0 atom stereocenters. The number of halogens is 1. The van der Waals surface area contributed by atoms with Crippen molar-refractivity contribution in [2.75, 3.05) is 4.90 Å². The molecule has 0 spiro atoms. The van der Waals surface area contributed by atoms with Crippen LogP contribution in [0.4, 0.5) is 10.2 Å². The number of pyridine rings is 1. The third kappa shape index (κ3) is 3.20. The summed E-state index contributed by atoms with van der Waals surface area (Å²) in [5, 5.41) is 1.85. The van der Waals surface area contributed by atoms with Crippen molar-refractivity contribution in [1.29, 1.82) is 0 Å². The summed E-state index contributed by atoms with van der Waals surface area (Å²) >= 11 is 1.37. The van der Waals surface area contributed by atoms with Crippen LogP contribution in [0.2, 0.25) is 0 Å². The van der Waals surface area contributed by atoms with Crippen LogP contribution in [-0.4, -0.2) is 10.9 Å². The van der Waals surface area contributed by atoms with Gasteiger partial charge in [0.25, 0.3) is 5.91 Å². The number of hydrogen-bond donors (Lipinski definition) is 0. The predicted octanol–water partition coefficient (Wildman–Crippen LogP) is 4.13. The van der Waals surface area contributed by atoms with Crippen molar-refractivity contribution in [3.63, 3.8) is 0 Å². The second-order valence-electron chi connectivity index (χ2n) is 4.69.